The Bertz CT molecular complexity index is 1180. The number of ether oxygens (including phenoxy) is 1. The Kier molecular flexibility index (Phi) is 3.34. The molecule has 2 bridgehead atoms. The third-order valence-corrected chi connectivity index (χ3v) is 5.31. The molecule has 2 aliphatic rings. The molecule has 28 heavy (non-hydrogen) atoms. The molecule has 0 spiro atoms. The highest BCUT2D eigenvalue weighted by Crippen LogP contribution is 2.33. The minimum Gasteiger partial charge on any atom is -0.488 e. The summed E-state index contributed by atoms with van der Waals surface area (Å²) in [5.41, 5.74) is 0.491. The summed E-state index contributed by atoms with van der Waals surface area (Å²) in [7, 11) is 0. The van der Waals surface area contributed by atoms with E-state index >= 15 is 0 Å². The van der Waals surface area contributed by atoms with Crippen LogP contribution in [0, 0.1) is 0 Å². The second-order valence-electron chi connectivity index (χ2n) is 7.69. The summed E-state index contributed by atoms with van der Waals surface area (Å²) < 4.78 is 7.61. The van der Waals surface area contributed by atoms with Crippen LogP contribution in [0.25, 0.3) is 17.0 Å². The third kappa shape index (κ3) is 2.32. The number of H-pyrrole nitrogens is 1. The minimum absolute atomic E-state index is 0.113. The van der Waals surface area contributed by atoms with Crippen LogP contribution in [0.15, 0.2) is 29.2 Å². The van der Waals surface area contributed by atoms with Crippen molar-refractivity contribution in [2.45, 2.75) is 39.0 Å². The van der Waals surface area contributed by atoms with E-state index in [2.05, 4.69) is 20.2 Å². The van der Waals surface area contributed by atoms with Crippen molar-refractivity contribution in [3.63, 3.8) is 0 Å². The van der Waals surface area contributed by atoms with E-state index in [1.807, 2.05) is 20.8 Å². The number of anilines is 1. The average Bonchev–Trinajstić information content (AvgIpc) is 2.96. The fourth-order valence-electron chi connectivity index (χ4n) is 3.91. The number of amides is 1. The van der Waals surface area contributed by atoms with Gasteiger partial charge in [0.2, 0.25) is 0 Å². The lowest BCUT2D eigenvalue weighted by atomic mass is 10.0. The number of nitrogens with zero attached hydrogens (tertiary/aromatic N) is 4. The summed E-state index contributed by atoms with van der Waals surface area (Å²) >= 11 is 0. The van der Waals surface area contributed by atoms with Gasteiger partial charge in [0.05, 0.1) is 11.7 Å². The van der Waals surface area contributed by atoms with E-state index in [9.17, 15) is 9.59 Å². The molecule has 0 saturated carbocycles. The topological polar surface area (TPSA) is 105 Å². The van der Waals surface area contributed by atoms with Gasteiger partial charge < -0.3 is 15.0 Å². The monoisotopic (exact) mass is 380 g/mol. The predicted octanol–water partition coefficient (Wildman–Crippen LogP) is 1.57. The number of imidazole rings is 1. The van der Waals surface area contributed by atoms with Crippen molar-refractivity contribution in [3.8, 4) is 11.6 Å². The molecule has 0 saturated heterocycles. The Morgan fingerprint density at radius 3 is 2.89 bits per heavy atom. The second kappa shape index (κ2) is 5.57. The summed E-state index contributed by atoms with van der Waals surface area (Å²) in [6, 6.07) is 5.13. The number of hydrogen-bond donors (Lipinski definition) is 2. The molecule has 2 aliphatic heterocycles. The van der Waals surface area contributed by atoms with Crippen molar-refractivity contribution >= 4 is 22.9 Å². The summed E-state index contributed by atoms with van der Waals surface area (Å²) in [6.45, 7) is 6.50. The summed E-state index contributed by atoms with van der Waals surface area (Å²) in [6.07, 6.45) is 2.21. The summed E-state index contributed by atoms with van der Waals surface area (Å²) in [5, 5.41) is 3.02. The van der Waals surface area contributed by atoms with Crippen LogP contribution < -0.4 is 20.6 Å². The van der Waals surface area contributed by atoms with Gasteiger partial charge in [-0.3, -0.25) is 9.78 Å². The smallest absolute Gasteiger partial charge is 0.333 e. The number of rotatable bonds is 0. The van der Waals surface area contributed by atoms with Gasteiger partial charge in [0.15, 0.2) is 5.65 Å². The number of carbonyl (C=O) groups is 1. The van der Waals surface area contributed by atoms with Gasteiger partial charge in [-0.15, -0.1) is 0 Å². The SMILES string of the molecule is C[C@@H]1CCN2c3nc(ccc3C(=O)NC2(C)C)-n2c(=O)[nH]c3nccc(c32)O1. The van der Waals surface area contributed by atoms with Crippen LogP contribution >= 0.6 is 0 Å². The largest absolute Gasteiger partial charge is 0.488 e. The first-order chi connectivity index (χ1) is 13.3. The molecule has 1 amide bonds. The van der Waals surface area contributed by atoms with Crippen LogP contribution in [0.3, 0.4) is 0 Å². The van der Waals surface area contributed by atoms with Gasteiger partial charge in [0.25, 0.3) is 5.91 Å². The molecule has 9 nitrogen and oxygen atoms in total. The summed E-state index contributed by atoms with van der Waals surface area (Å²) in [4.78, 5) is 39.1. The molecule has 1 atom stereocenters. The van der Waals surface area contributed by atoms with E-state index in [0.29, 0.717) is 47.1 Å². The maximum absolute atomic E-state index is 12.7. The average molecular weight is 380 g/mol. The number of carbonyl (C=O) groups excluding carboxylic acids is 1. The molecule has 0 radical (unpaired) electrons. The van der Waals surface area contributed by atoms with Gasteiger partial charge in [0, 0.05) is 25.2 Å². The van der Waals surface area contributed by atoms with Crippen LogP contribution in [0.5, 0.6) is 5.75 Å². The van der Waals surface area contributed by atoms with Crippen molar-refractivity contribution in [2.75, 3.05) is 11.4 Å². The van der Waals surface area contributed by atoms with Crippen LogP contribution in [0.2, 0.25) is 0 Å². The standard InChI is InChI=1S/C19H20N6O3/c1-10-7-9-24-16-11(17(26)23-19(24,2)3)4-5-13(21-16)25-14-12(28-10)6-8-20-15(14)22-18(25)27/h4-6,8,10H,7,9H2,1-3H3,(H,23,26)(H,20,22,27)/t10-/m1/s1. The number of fused-ring (bicyclic) bond motifs is 2. The lowest BCUT2D eigenvalue weighted by Gasteiger charge is -2.44. The van der Waals surface area contributed by atoms with Crippen molar-refractivity contribution in [3.05, 3.63) is 40.4 Å². The zero-order valence-electron chi connectivity index (χ0n) is 15.8. The fourth-order valence-corrected chi connectivity index (χ4v) is 3.91. The van der Waals surface area contributed by atoms with E-state index in [1.165, 1.54) is 4.57 Å². The summed E-state index contributed by atoms with van der Waals surface area (Å²) in [5.74, 6) is 1.37. The normalized spacial score (nSPS) is 20.3. The maximum atomic E-state index is 12.7. The van der Waals surface area contributed by atoms with Gasteiger partial charge in [-0.2, -0.15) is 0 Å². The molecule has 9 heteroatoms. The molecule has 3 aromatic heterocycles. The first-order valence-corrected chi connectivity index (χ1v) is 9.23. The van der Waals surface area contributed by atoms with E-state index in [4.69, 9.17) is 9.72 Å². The Morgan fingerprint density at radius 2 is 2.07 bits per heavy atom. The maximum Gasteiger partial charge on any atom is 0.333 e. The van der Waals surface area contributed by atoms with Crippen molar-refractivity contribution in [2.24, 2.45) is 0 Å². The lowest BCUT2D eigenvalue weighted by Crippen LogP contribution is -2.61. The van der Waals surface area contributed by atoms with Crippen molar-refractivity contribution in [1.29, 1.82) is 0 Å². The lowest BCUT2D eigenvalue weighted by molar-refractivity contribution is 0.0895. The molecule has 5 rings (SSSR count). The van der Waals surface area contributed by atoms with E-state index in [1.54, 1.807) is 24.4 Å². The van der Waals surface area contributed by atoms with Crippen molar-refractivity contribution < 1.29 is 9.53 Å². The number of aromatic nitrogens is 4. The molecule has 3 aromatic rings. The van der Waals surface area contributed by atoms with Gasteiger partial charge in [-0.05, 0) is 32.9 Å². The van der Waals surface area contributed by atoms with Crippen LogP contribution in [-0.2, 0) is 0 Å². The first kappa shape index (κ1) is 16.8. The molecule has 0 aliphatic carbocycles. The van der Waals surface area contributed by atoms with Gasteiger partial charge in [0.1, 0.15) is 28.6 Å². The Balaban J connectivity index is 1.85. The molecular formula is C19H20N6O3. The van der Waals surface area contributed by atoms with Gasteiger partial charge in [-0.1, -0.05) is 0 Å². The highest BCUT2D eigenvalue weighted by Gasteiger charge is 2.38. The molecule has 0 fully saturated rings. The Morgan fingerprint density at radius 1 is 1.25 bits per heavy atom. The van der Waals surface area contributed by atoms with Crippen molar-refractivity contribution in [1.82, 2.24) is 24.8 Å². The zero-order chi connectivity index (χ0) is 19.6. The molecule has 2 N–H and O–H groups in total. The number of hydrogen-bond acceptors (Lipinski definition) is 6. The molecule has 0 unspecified atom stereocenters. The molecule has 0 aromatic carbocycles. The van der Waals surface area contributed by atoms with Crippen LogP contribution in [0.4, 0.5) is 5.82 Å². The number of nitrogens with one attached hydrogen (secondary N) is 2. The Hall–Kier alpha value is -3.36. The first-order valence-electron chi connectivity index (χ1n) is 9.23. The third-order valence-electron chi connectivity index (χ3n) is 5.31. The molecular weight excluding hydrogens is 360 g/mol. The molecule has 5 heterocycles. The van der Waals surface area contributed by atoms with E-state index < -0.39 is 5.66 Å². The number of pyridine rings is 2. The van der Waals surface area contributed by atoms with Gasteiger partial charge in [-0.25, -0.2) is 19.3 Å². The van der Waals surface area contributed by atoms with E-state index in [0.717, 1.165) is 0 Å². The van der Waals surface area contributed by atoms with E-state index in [-0.39, 0.29) is 17.7 Å². The van der Waals surface area contributed by atoms with Crippen LogP contribution in [0.1, 0.15) is 37.6 Å². The highest BCUT2D eigenvalue weighted by molar-refractivity contribution is 6.01. The highest BCUT2D eigenvalue weighted by atomic mass is 16.5. The minimum atomic E-state index is -0.615. The number of aromatic amines is 1. The quantitative estimate of drug-likeness (QED) is 0.613. The molecule has 144 valence electrons. The zero-order valence-corrected chi connectivity index (χ0v) is 15.8. The Labute approximate surface area is 160 Å². The van der Waals surface area contributed by atoms with Crippen LogP contribution in [-0.4, -0.2) is 43.7 Å². The predicted molar refractivity (Wildman–Crippen MR) is 103 cm³/mol. The second-order valence-corrected chi connectivity index (χ2v) is 7.69. The van der Waals surface area contributed by atoms with Gasteiger partial charge >= 0.3 is 5.69 Å². The fraction of sp³-hybridized carbons (Fsp3) is 0.368.